The van der Waals surface area contributed by atoms with Gasteiger partial charge in [-0.25, -0.2) is 0 Å². The Morgan fingerprint density at radius 3 is 1.32 bits per heavy atom. The van der Waals surface area contributed by atoms with Crippen LogP contribution in [0.5, 0.6) is 0 Å². The van der Waals surface area contributed by atoms with Gasteiger partial charge in [0.25, 0.3) is 0 Å². The summed E-state index contributed by atoms with van der Waals surface area (Å²) in [6.07, 6.45) is 0. The fraction of sp³-hybridized carbons (Fsp3) is 0.0704. The van der Waals surface area contributed by atoms with E-state index in [1.807, 2.05) is 0 Å². The van der Waals surface area contributed by atoms with Gasteiger partial charge in [0.1, 0.15) is 0 Å². The lowest BCUT2D eigenvalue weighted by Gasteiger charge is -2.37. The van der Waals surface area contributed by atoms with Crippen molar-refractivity contribution in [3.8, 4) is 55.6 Å². The van der Waals surface area contributed by atoms with Crippen molar-refractivity contribution in [2.75, 3.05) is 4.90 Å². The van der Waals surface area contributed by atoms with Crippen molar-refractivity contribution in [3.05, 3.63) is 316 Å². The molecule has 15 rings (SSSR count). The maximum absolute atomic E-state index is 2.68. The summed E-state index contributed by atoms with van der Waals surface area (Å²) >= 11 is 0. The predicted octanol–water partition coefficient (Wildman–Crippen LogP) is 17.8. The number of rotatable bonds is 6. The first-order valence-electron chi connectivity index (χ1n) is 25.4. The van der Waals surface area contributed by atoms with E-state index in [9.17, 15) is 0 Å². The van der Waals surface area contributed by atoms with Gasteiger partial charge in [-0.05, 0) is 130 Å². The molecule has 0 aromatic heterocycles. The van der Waals surface area contributed by atoms with Gasteiger partial charge in [-0.15, -0.1) is 0 Å². The van der Waals surface area contributed by atoms with Gasteiger partial charge in [0.2, 0.25) is 0 Å². The molecule has 4 aliphatic rings. The SMILES string of the molecule is CC1(C)c2ccccc2-c2ccc(N(c3ccccc3)c3c4c(cc5c3-c3cc(-c6ccccc6)ccc3C53c5ccccc5-c5ccccc53)C(c3ccccc3)(c3ccccc3)c3ccccc3-4)cc21. The summed E-state index contributed by atoms with van der Waals surface area (Å²) < 4.78 is 0. The molecule has 0 saturated heterocycles. The molecule has 72 heavy (non-hydrogen) atoms. The van der Waals surface area contributed by atoms with Gasteiger partial charge in [0.15, 0.2) is 0 Å². The van der Waals surface area contributed by atoms with E-state index >= 15 is 0 Å². The first-order valence-corrected chi connectivity index (χ1v) is 25.4. The Balaban J connectivity index is 1.17. The predicted molar refractivity (Wildman–Crippen MR) is 298 cm³/mol. The van der Waals surface area contributed by atoms with Crippen LogP contribution in [0.15, 0.2) is 261 Å². The Kier molecular flexibility index (Phi) is 8.62. The Hall–Kier alpha value is -8.78. The van der Waals surface area contributed by atoms with E-state index in [0.717, 1.165) is 11.4 Å². The van der Waals surface area contributed by atoms with Crippen molar-refractivity contribution in [2.45, 2.75) is 30.1 Å². The van der Waals surface area contributed by atoms with E-state index in [2.05, 4.69) is 280 Å². The summed E-state index contributed by atoms with van der Waals surface area (Å²) in [6.45, 7) is 4.80. The summed E-state index contributed by atoms with van der Waals surface area (Å²) in [5.74, 6) is 0. The summed E-state index contributed by atoms with van der Waals surface area (Å²) in [6, 6.07) is 98.9. The molecule has 1 heteroatoms. The molecule has 338 valence electrons. The molecular weight excluding hydrogens is 867 g/mol. The highest BCUT2D eigenvalue weighted by atomic mass is 15.2. The van der Waals surface area contributed by atoms with Crippen molar-refractivity contribution in [2.24, 2.45) is 0 Å². The van der Waals surface area contributed by atoms with Gasteiger partial charge in [-0.3, -0.25) is 0 Å². The average molecular weight is 916 g/mol. The van der Waals surface area contributed by atoms with E-state index in [0.29, 0.717) is 0 Å². The molecule has 0 N–H and O–H groups in total. The van der Waals surface area contributed by atoms with E-state index in [1.165, 1.54) is 117 Å². The van der Waals surface area contributed by atoms with Crippen LogP contribution in [0.25, 0.3) is 55.6 Å². The standard InChI is InChI=1S/C71H49N/c1-69(2)58-35-19-15-31-52(58)55-41-40-51(44-63(55)69)72(50-29-13-6-14-30-50)68-66-56-34-18-22-38-61(56)70(48-25-9-4-10-26-48,49-27-11-5-12-28-49)64(66)45-65-67(68)57-43-47(46-23-7-3-8-24-46)39-42-62(57)71(65)59-36-20-16-32-53(59)54-33-17-21-37-60(54)71/h3-45H,1-2H3. The molecule has 4 aliphatic carbocycles. The zero-order valence-corrected chi connectivity index (χ0v) is 40.3. The minimum absolute atomic E-state index is 0.203. The quantitative estimate of drug-likeness (QED) is 0.161. The van der Waals surface area contributed by atoms with Gasteiger partial charge in [-0.2, -0.15) is 0 Å². The molecule has 1 nitrogen and oxygen atoms in total. The van der Waals surface area contributed by atoms with Crippen molar-refractivity contribution in [1.82, 2.24) is 0 Å². The monoisotopic (exact) mass is 915 g/mol. The molecule has 0 heterocycles. The molecule has 0 atom stereocenters. The fourth-order valence-electron chi connectivity index (χ4n) is 14.0. The Bertz CT molecular complexity index is 3910. The van der Waals surface area contributed by atoms with Gasteiger partial charge < -0.3 is 4.90 Å². The van der Waals surface area contributed by atoms with Crippen LogP contribution in [0.1, 0.15) is 69.5 Å². The topological polar surface area (TPSA) is 3.24 Å². The zero-order chi connectivity index (χ0) is 47.8. The van der Waals surface area contributed by atoms with Crippen LogP contribution in [0.2, 0.25) is 0 Å². The van der Waals surface area contributed by atoms with Crippen molar-refractivity contribution >= 4 is 17.1 Å². The number of anilines is 3. The molecule has 0 amide bonds. The van der Waals surface area contributed by atoms with Crippen LogP contribution in [-0.4, -0.2) is 0 Å². The molecule has 0 fully saturated rings. The maximum Gasteiger partial charge on any atom is 0.0726 e. The first-order chi connectivity index (χ1) is 35.5. The van der Waals surface area contributed by atoms with Crippen LogP contribution in [0.4, 0.5) is 17.1 Å². The number of fused-ring (bicyclic) bond motifs is 16. The molecule has 11 aromatic rings. The smallest absolute Gasteiger partial charge is 0.0726 e. The average Bonchev–Trinajstić information content (AvgIpc) is 4.10. The second-order valence-electron chi connectivity index (χ2n) is 20.6. The maximum atomic E-state index is 2.68. The van der Waals surface area contributed by atoms with Gasteiger partial charge in [0.05, 0.1) is 16.5 Å². The molecule has 0 aliphatic heterocycles. The van der Waals surface area contributed by atoms with Crippen molar-refractivity contribution < 1.29 is 0 Å². The third kappa shape index (κ3) is 5.27. The fourth-order valence-corrected chi connectivity index (χ4v) is 14.0. The van der Waals surface area contributed by atoms with E-state index < -0.39 is 10.8 Å². The number of nitrogens with zero attached hydrogens (tertiary/aromatic N) is 1. The number of hydrogen-bond donors (Lipinski definition) is 0. The third-order valence-electron chi connectivity index (χ3n) is 16.9. The highest BCUT2D eigenvalue weighted by molar-refractivity contribution is 6.10. The van der Waals surface area contributed by atoms with E-state index in [-0.39, 0.29) is 5.41 Å². The number of para-hydroxylation sites is 1. The lowest BCUT2D eigenvalue weighted by Crippen LogP contribution is -2.30. The largest absolute Gasteiger partial charge is 0.309 e. The van der Waals surface area contributed by atoms with Gasteiger partial charge in [-0.1, -0.05) is 244 Å². The molecule has 1 spiro atoms. The highest BCUT2D eigenvalue weighted by Crippen LogP contribution is 2.70. The summed E-state index contributed by atoms with van der Waals surface area (Å²) in [5, 5.41) is 0. The van der Waals surface area contributed by atoms with Crippen molar-refractivity contribution in [1.29, 1.82) is 0 Å². The molecule has 0 bridgehead atoms. The first kappa shape index (κ1) is 41.0. The second kappa shape index (κ2) is 15.1. The molecule has 0 unspecified atom stereocenters. The molecule has 0 radical (unpaired) electrons. The lowest BCUT2D eigenvalue weighted by molar-refractivity contribution is 0.660. The minimum atomic E-state index is -0.662. The Labute approximate surface area is 422 Å². The minimum Gasteiger partial charge on any atom is -0.309 e. The number of hydrogen-bond acceptors (Lipinski definition) is 1. The summed E-state index contributed by atoms with van der Waals surface area (Å²) in [4.78, 5) is 2.64. The third-order valence-corrected chi connectivity index (χ3v) is 16.9. The Morgan fingerprint density at radius 2 is 0.708 bits per heavy atom. The highest BCUT2D eigenvalue weighted by Gasteiger charge is 2.56. The van der Waals surface area contributed by atoms with E-state index in [4.69, 9.17) is 0 Å². The summed E-state index contributed by atoms with van der Waals surface area (Å²) in [7, 11) is 0. The van der Waals surface area contributed by atoms with Crippen LogP contribution < -0.4 is 4.90 Å². The lowest BCUT2D eigenvalue weighted by atomic mass is 9.65. The molecule has 0 saturated carbocycles. The van der Waals surface area contributed by atoms with Gasteiger partial charge >= 0.3 is 0 Å². The summed E-state index contributed by atoms with van der Waals surface area (Å²) in [5.41, 5.74) is 27.7. The van der Waals surface area contributed by atoms with Crippen LogP contribution in [0, 0.1) is 0 Å². The number of benzene rings is 11. The Morgan fingerprint density at radius 1 is 0.264 bits per heavy atom. The molecule has 11 aromatic carbocycles. The van der Waals surface area contributed by atoms with E-state index in [1.54, 1.807) is 0 Å². The second-order valence-corrected chi connectivity index (χ2v) is 20.6. The van der Waals surface area contributed by atoms with Gasteiger partial charge in [0, 0.05) is 27.9 Å². The van der Waals surface area contributed by atoms with Crippen LogP contribution in [0.3, 0.4) is 0 Å². The molecular formula is C71H49N. The van der Waals surface area contributed by atoms with Crippen LogP contribution in [-0.2, 0) is 16.2 Å². The van der Waals surface area contributed by atoms with Crippen molar-refractivity contribution in [3.63, 3.8) is 0 Å². The van der Waals surface area contributed by atoms with Crippen LogP contribution >= 0.6 is 0 Å². The zero-order valence-electron chi connectivity index (χ0n) is 40.3. The normalized spacial score (nSPS) is 14.9.